The first-order chi connectivity index (χ1) is 8.78. The van der Waals surface area contributed by atoms with Crippen LogP contribution in [0.3, 0.4) is 0 Å². The molecule has 1 saturated heterocycles. The Morgan fingerprint density at radius 3 is 2.83 bits per heavy atom. The van der Waals surface area contributed by atoms with Crippen LogP contribution in [0.15, 0.2) is 22.7 Å². The monoisotopic (exact) mass is 245 g/mol. The summed E-state index contributed by atoms with van der Waals surface area (Å²) in [5, 5.41) is 3.99. The van der Waals surface area contributed by atoms with Gasteiger partial charge in [-0.15, -0.1) is 0 Å². The minimum absolute atomic E-state index is 0.537. The number of aromatic nitrogens is 2. The molecule has 0 amide bonds. The number of nitrogens with zero attached hydrogens (tertiary/aromatic N) is 3. The van der Waals surface area contributed by atoms with Crippen LogP contribution in [0.1, 0.15) is 12.0 Å². The zero-order valence-electron chi connectivity index (χ0n) is 10.5. The number of aryl methyl sites for hydroxylation is 1. The van der Waals surface area contributed by atoms with Crippen molar-refractivity contribution < 1.29 is 9.26 Å². The molecule has 5 nitrogen and oxygen atoms in total. The van der Waals surface area contributed by atoms with Gasteiger partial charge in [0.2, 0.25) is 0 Å². The molecule has 1 aliphatic rings. The van der Waals surface area contributed by atoms with Crippen LogP contribution < -0.4 is 9.64 Å². The molecular formula is C13H15N3O2. The van der Waals surface area contributed by atoms with Gasteiger partial charge in [-0.05, 0) is 36.2 Å². The Morgan fingerprint density at radius 2 is 2.17 bits per heavy atom. The van der Waals surface area contributed by atoms with Crippen molar-refractivity contribution in [1.82, 2.24) is 10.1 Å². The Hall–Kier alpha value is -2.04. The predicted octanol–water partition coefficient (Wildman–Crippen LogP) is 2.26. The molecular weight excluding hydrogens is 230 g/mol. The van der Waals surface area contributed by atoms with Crippen molar-refractivity contribution >= 4 is 5.95 Å². The van der Waals surface area contributed by atoms with Gasteiger partial charge in [-0.1, -0.05) is 6.07 Å². The number of benzene rings is 1. The number of hydrogen-bond acceptors (Lipinski definition) is 5. The molecule has 0 spiro atoms. The second-order valence-electron chi connectivity index (χ2n) is 4.42. The largest absolute Gasteiger partial charge is 0.496 e. The highest BCUT2D eigenvalue weighted by atomic mass is 16.5. The molecule has 0 saturated carbocycles. The van der Waals surface area contributed by atoms with E-state index in [1.165, 1.54) is 6.42 Å². The fourth-order valence-corrected chi connectivity index (χ4v) is 1.93. The van der Waals surface area contributed by atoms with Crippen molar-refractivity contribution in [3.05, 3.63) is 23.8 Å². The molecule has 1 aromatic carbocycles. The van der Waals surface area contributed by atoms with Crippen molar-refractivity contribution in [2.24, 2.45) is 0 Å². The van der Waals surface area contributed by atoms with E-state index in [9.17, 15) is 0 Å². The highest BCUT2D eigenvalue weighted by Gasteiger charge is 2.20. The lowest BCUT2D eigenvalue weighted by Gasteiger charge is -2.28. The summed E-state index contributed by atoms with van der Waals surface area (Å²) >= 11 is 0. The molecule has 0 unspecified atom stereocenters. The van der Waals surface area contributed by atoms with Gasteiger partial charge in [-0.2, -0.15) is 4.98 Å². The Morgan fingerprint density at radius 1 is 1.33 bits per heavy atom. The Balaban J connectivity index is 1.91. The molecule has 0 bridgehead atoms. The molecule has 0 N–H and O–H groups in total. The second kappa shape index (κ2) is 4.33. The standard InChI is InChI=1S/C13H15N3O2/c1-9-4-5-10(8-11(9)17-2)12-14-13(15-18-12)16-6-3-7-16/h4-5,8H,3,6-7H2,1-2H3. The van der Waals surface area contributed by atoms with Crippen LogP contribution in [-0.2, 0) is 0 Å². The van der Waals surface area contributed by atoms with Crippen molar-refractivity contribution in [2.45, 2.75) is 13.3 Å². The van der Waals surface area contributed by atoms with E-state index < -0.39 is 0 Å². The lowest BCUT2D eigenvalue weighted by molar-refractivity contribution is 0.410. The highest BCUT2D eigenvalue weighted by molar-refractivity contribution is 5.58. The van der Waals surface area contributed by atoms with Crippen LogP contribution in [0.4, 0.5) is 5.95 Å². The molecule has 0 radical (unpaired) electrons. The number of rotatable bonds is 3. The molecule has 1 aliphatic heterocycles. The summed E-state index contributed by atoms with van der Waals surface area (Å²) in [5.41, 5.74) is 1.97. The number of anilines is 1. The summed E-state index contributed by atoms with van der Waals surface area (Å²) in [5.74, 6) is 2.04. The van der Waals surface area contributed by atoms with Crippen molar-refractivity contribution in [1.29, 1.82) is 0 Å². The average Bonchev–Trinajstić information content (AvgIpc) is 2.76. The Kier molecular flexibility index (Phi) is 2.66. The SMILES string of the molecule is COc1cc(-c2nc(N3CCC3)no2)ccc1C. The summed E-state index contributed by atoms with van der Waals surface area (Å²) in [6.07, 6.45) is 1.20. The first-order valence-electron chi connectivity index (χ1n) is 6.01. The Labute approximate surface area is 105 Å². The van der Waals surface area contributed by atoms with E-state index >= 15 is 0 Å². The van der Waals surface area contributed by atoms with Crippen LogP contribution in [-0.4, -0.2) is 30.3 Å². The van der Waals surface area contributed by atoms with Crippen LogP contribution >= 0.6 is 0 Å². The molecule has 1 fully saturated rings. The third-order valence-electron chi connectivity index (χ3n) is 3.21. The summed E-state index contributed by atoms with van der Waals surface area (Å²) in [6, 6.07) is 5.87. The van der Waals surface area contributed by atoms with E-state index in [4.69, 9.17) is 9.26 Å². The minimum atomic E-state index is 0.537. The van der Waals surface area contributed by atoms with E-state index in [2.05, 4.69) is 15.0 Å². The zero-order valence-corrected chi connectivity index (χ0v) is 10.5. The van der Waals surface area contributed by atoms with Crippen molar-refractivity contribution in [3.63, 3.8) is 0 Å². The lowest BCUT2D eigenvalue weighted by atomic mass is 10.1. The molecule has 5 heteroatoms. The van der Waals surface area contributed by atoms with Crippen LogP contribution in [0, 0.1) is 6.92 Å². The van der Waals surface area contributed by atoms with E-state index in [0.717, 1.165) is 30.0 Å². The molecule has 2 heterocycles. The van der Waals surface area contributed by atoms with Gasteiger partial charge in [-0.3, -0.25) is 0 Å². The predicted molar refractivity (Wildman–Crippen MR) is 67.9 cm³/mol. The fourth-order valence-electron chi connectivity index (χ4n) is 1.93. The minimum Gasteiger partial charge on any atom is -0.496 e. The quantitative estimate of drug-likeness (QED) is 0.830. The van der Waals surface area contributed by atoms with E-state index in [1.54, 1.807) is 7.11 Å². The maximum Gasteiger partial charge on any atom is 0.266 e. The molecule has 3 rings (SSSR count). The van der Waals surface area contributed by atoms with Crippen molar-refractivity contribution in [3.8, 4) is 17.2 Å². The Bertz CT molecular complexity index is 561. The maximum absolute atomic E-state index is 5.29. The van der Waals surface area contributed by atoms with Crippen LogP contribution in [0.5, 0.6) is 5.75 Å². The molecule has 2 aromatic rings. The maximum atomic E-state index is 5.29. The molecule has 94 valence electrons. The van der Waals surface area contributed by atoms with Crippen molar-refractivity contribution in [2.75, 3.05) is 25.1 Å². The summed E-state index contributed by atoms with van der Waals surface area (Å²) < 4.78 is 10.6. The third kappa shape index (κ3) is 1.81. The molecule has 0 atom stereocenters. The molecule has 1 aromatic heterocycles. The average molecular weight is 245 g/mol. The van der Waals surface area contributed by atoms with Gasteiger partial charge in [0.05, 0.1) is 7.11 Å². The van der Waals surface area contributed by atoms with Gasteiger partial charge >= 0.3 is 0 Å². The number of methoxy groups -OCH3 is 1. The van der Waals surface area contributed by atoms with E-state index in [0.29, 0.717) is 11.8 Å². The summed E-state index contributed by atoms with van der Waals surface area (Å²) in [6.45, 7) is 4.02. The summed E-state index contributed by atoms with van der Waals surface area (Å²) in [7, 11) is 1.66. The van der Waals surface area contributed by atoms with Gasteiger partial charge in [0, 0.05) is 18.7 Å². The smallest absolute Gasteiger partial charge is 0.266 e. The number of hydrogen-bond donors (Lipinski definition) is 0. The highest BCUT2D eigenvalue weighted by Crippen LogP contribution is 2.27. The van der Waals surface area contributed by atoms with Gasteiger partial charge in [0.25, 0.3) is 11.8 Å². The normalized spacial score (nSPS) is 14.4. The first-order valence-corrected chi connectivity index (χ1v) is 6.01. The van der Waals surface area contributed by atoms with Gasteiger partial charge in [-0.25, -0.2) is 0 Å². The lowest BCUT2D eigenvalue weighted by Crippen LogP contribution is -2.37. The second-order valence-corrected chi connectivity index (χ2v) is 4.42. The van der Waals surface area contributed by atoms with E-state index in [-0.39, 0.29) is 0 Å². The third-order valence-corrected chi connectivity index (χ3v) is 3.21. The van der Waals surface area contributed by atoms with Gasteiger partial charge < -0.3 is 14.2 Å². The number of ether oxygens (including phenoxy) is 1. The molecule has 18 heavy (non-hydrogen) atoms. The molecule has 0 aliphatic carbocycles. The van der Waals surface area contributed by atoms with Gasteiger partial charge in [0.15, 0.2) is 0 Å². The summed E-state index contributed by atoms with van der Waals surface area (Å²) in [4.78, 5) is 6.50. The fraction of sp³-hybridized carbons (Fsp3) is 0.385. The zero-order chi connectivity index (χ0) is 12.5. The van der Waals surface area contributed by atoms with Crippen LogP contribution in [0.2, 0.25) is 0 Å². The van der Waals surface area contributed by atoms with Crippen LogP contribution in [0.25, 0.3) is 11.5 Å². The van der Waals surface area contributed by atoms with Gasteiger partial charge in [0.1, 0.15) is 5.75 Å². The topological polar surface area (TPSA) is 51.4 Å². The first kappa shape index (κ1) is 11.1. The van der Waals surface area contributed by atoms with E-state index in [1.807, 2.05) is 25.1 Å².